The number of carbonyl (C=O) groups is 2. The molecule has 0 saturated heterocycles. The maximum Gasteiger partial charge on any atom is 0.322 e. The Bertz CT molecular complexity index is 1290. The van der Waals surface area contributed by atoms with Crippen LogP contribution < -0.4 is 20.1 Å². The monoisotopic (exact) mass is 511 g/mol. The highest BCUT2D eigenvalue weighted by Gasteiger charge is 2.25. The summed E-state index contributed by atoms with van der Waals surface area (Å²) in [6, 6.07) is 18.6. The van der Waals surface area contributed by atoms with Gasteiger partial charge in [0.15, 0.2) is 0 Å². The number of rotatable bonds is 11. The molecule has 0 fully saturated rings. The van der Waals surface area contributed by atoms with Gasteiger partial charge in [-0.15, -0.1) is 0 Å². The molecule has 0 aromatic heterocycles. The van der Waals surface area contributed by atoms with Gasteiger partial charge in [0, 0.05) is 12.2 Å². The van der Waals surface area contributed by atoms with Crippen LogP contribution in [-0.4, -0.2) is 45.2 Å². The minimum absolute atomic E-state index is 0.0375. The molecule has 0 spiro atoms. The van der Waals surface area contributed by atoms with Crippen molar-refractivity contribution in [3.63, 3.8) is 0 Å². The highest BCUT2D eigenvalue weighted by atomic mass is 32.2. The molecule has 0 aliphatic rings. The molecule has 0 unspecified atom stereocenters. The fourth-order valence-corrected chi connectivity index (χ4v) is 4.64. The highest BCUT2D eigenvalue weighted by molar-refractivity contribution is 7.89. The van der Waals surface area contributed by atoms with E-state index in [4.69, 9.17) is 4.74 Å². The number of aliphatic carboxylic acids is 1. The summed E-state index contributed by atoms with van der Waals surface area (Å²) in [6.07, 6.45) is 0.801. The lowest BCUT2D eigenvalue weighted by Crippen LogP contribution is -2.42. The molecule has 3 aromatic carbocycles. The van der Waals surface area contributed by atoms with E-state index >= 15 is 0 Å². The van der Waals surface area contributed by atoms with Crippen molar-refractivity contribution in [1.29, 1.82) is 0 Å². The average molecular weight is 512 g/mol. The molecule has 0 aliphatic carbocycles. The lowest BCUT2D eigenvalue weighted by atomic mass is 10.0. The second-order valence-corrected chi connectivity index (χ2v) is 9.76. The van der Waals surface area contributed by atoms with Crippen molar-refractivity contribution in [2.24, 2.45) is 0 Å². The molecule has 10 heteroatoms. The van der Waals surface area contributed by atoms with Gasteiger partial charge in [-0.25, -0.2) is 13.2 Å². The average Bonchev–Trinajstić information content (AvgIpc) is 2.87. The lowest BCUT2D eigenvalue weighted by Gasteiger charge is -2.15. The second-order valence-electron chi connectivity index (χ2n) is 8.05. The van der Waals surface area contributed by atoms with Crippen molar-refractivity contribution in [2.45, 2.75) is 30.7 Å². The maximum atomic E-state index is 12.7. The number of ether oxygens (including phenoxy) is 1. The lowest BCUT2D eigenvalue weighted by molar-refractivity contribution is -0.138. The Labute approximate surface area is 210 Å². The zero-order chi connectivity index (χ0) is 26.1. The fraction of sp³-hybridized carbons (Fsp3) is 0.231. The van der Waals surface area contributed by atoms with Gasteiger partial charge in [-0.05, 0) is 65.9 Å². The first-order valence-electron chi connectivity index (χ1n) is 11.3. The number of nitrogens with one attached hydrogen (secondary N) is 3. The summed E-state index contributed by atoms with van der Waals surface area (Å²) in [5.41, 5.74) is 3.02. The number of benzene rings is 3. The van der Waals surface area contributed by atoms with Crippen molar-refractivity contribution in [3.05, 3.63) is 78.4 Å². The van der Waals surface area contributed by atoms with E-state index in [1.54, 1.807) is 18.2 Å². The quantitative estimate of drug-likeness (QED) is 0.309. The third-order valence-corrected chi connectivity index (χ3v) is 6.84. The Morgan fingerprint density at radius 3 is 2.28 bits per heavy atom. The minimum Gasteiger partial charge on any atom is -0.497 e. The molecule has 0 heterocycles. The second kappa shape index (κ2) is 12.2. The van der Waals surface area contributed by atoms with Crippen molar-refractivity contribution < 1.29 is 27.9 Å². The predicted octanol–water partition coefficient (Wildman–Crippen LogP) is 3.87. The number of amides is 2. The summed E-state index contributed by atoms with van der Waals surface area (Å²) in [5, 5.41) is 15.2. The predicted molar refractivity (Wildman–Crippen MR) is 138 cm³/mol. The van der Waals surface area contributed by atoms with Crippen LogP contribution in [0.4, 0.5) is 10.5 Å². The number of sulfonamides is 1. The molecule has 3 aromatic rings. The van der Waals surface area contributed by atoms with E-state index in [2.05, 4.69) is 15.4 Å². The van der Waals surface area contributed by atoms with E-state index in [1.807, 2.05) is 37.3 Å². The zero-order valence-corrected chi connectivity index (χ0v) is 20.8. The van der Waals surface area contributed by atoms with Crippen LogP contribution >= 0.6 is 0 Å². The SMILES string of the molecule is CCCNC(=O)Nc1cccc(-c2ccc(C[C@H](NS(=O)(=O)c3ccc(OC)cc3)C(=O)O)cc2)c1. The van der Waals surface area contributed by atoms with Crippen LogP contribution in [0.15, 0.2) is 77.7 Å². The number of methoxy groups -OCH3 is 1. The Balaban J connectivity index is 1.70. The molecule has 4 N–H and O–H groups in total. The van der Waals surface area contributed by atoms with Crippen molar-refractivity contribution in [3.8, 4) is 16.9 Å². The van der Waals surface area contributed by atoms with Crippen LogP contribution in [0, 0.1) is 0 Å². The molecule has 0 radical (unpaired) electrons. The highest BCUT2D eigenvalue weighted by Crippen LogP contribution is 2.24. The first kappa shape index (κ1) is 26.7. The third kappa shape index (κ3) is 7.30. The Hall–Kier alpha value is -3.89. The molecule has 0 saturated carbocycles. The number of carboxylic acids is 1. The van der Waals surface area contributed by atoms with Gasteiger partial charge in [0.1, 0.15) is 11.8 Å². The molecule has 9 nitrogen and oxygen atoms in total. The largest absolute Gasteiger partial charge is 0.497 e. The number of carboxylic acid groups (broad SMARTS) is 1. The number of anilines is 1. The molecular formula is C26H29N3O6S. The topological polar surface area (TPSA) is 134 Å². The number of hydrogen-bond donors (Lipinski definition) is 4. The van der Waals surface area contributed by atoms with Gasteiger partial charge in [-0.2, -0.15) is 4.72 Å². The van der Waals surface area contributed by atoms with Gasteiger partial charge >= 0.3 is 12.0 Å². The molecular weight excluding hydrogens is 482 g/mol. The molecule has 0 aliphatic heterocycles. The van der Waals surface area contributed by atoms with E-state index < -0.39 is 22.0 Å². The molecule has 0 bridgehead atoms. The van der Waals surface area contributed by atoms with E-state index in [0.29, 0.717) is 23.5 Å². The van der Waals surface area contributed by atoms with Gasteiger partial charge in [0.25, 0.3) is 0 Å². The zero-order valence-electron chi connectivity index (χ0n) is 20.0. The van der Waals surface area contributed by atoms with Gasteiger partial charge in [-0.3, -0.25) is 4.79 Å². The minimum atomic E-state index is -4.05. The summed E-state index contributed by atoms with van der Waals surface area (Å²) in [6.45, 7) is 2.56. The van der Waals surface area contributed by atoms with Gasteiger partial charge < -0.3 is 20.5 Å². The molecule has 190 valence electrons. The smallest absolute Gasteiger partial charge is 0.322 e. The summed E-state index contributed by atoms with van der Waals surface area (Å²) >= 11 is 0. The van der Waals surface area contributed by atoms with Crippen LogP contribution in [0.1, 0.15) is 18.9 Å². The van der Waals surface area contributed by atoms with Gasteiger partial charge in [-0.1, -0.05) is 43.3 Å². The number of carbonyl (C=O) groups excluding carboxylic acids is 1. The molecule has 36 heavy (non-hydrogen) atoms. The normalized spacial score (nSPS) is 11.9. The Kier molecular flexibility index (Phi) is 9.04. The van der Waals surface area contributed by atoms with Crippen molar-refractivity contribution in [1.82, 2.24) is 10.0 Å². The first-order valence-corrected chi connectivity index (χ1v) is 12.8. The fourth-order valence-electron chi connectivity index (χ4n) is 3.45. The summed E-state index contributed by atoms with van der Waals surface area (Å²) in [4.78, 5) is 23.7. The van der Waals surface area contributed by atoms with Gasteiger partial charge in [0.05, 0.1) is 12.0 Å². The third-order valence-electron chi connectivity index (χ3n) is 5.35. The van der Waals surface area contributed by atoms with E-state index in [-0.39, 0.29) is 17.3 Å². The summed E-state index contributed by atoms with van der Waals surface area (Å²) in [5.74, 6) is -0.791. The van der Waals surface area contributed by atoms with Crippen LogP contribution in [0.5, 0.6) is 5.75 Å². The van der Waals surface area contributed by atoms with E-state index in [1.165, 1.54) is 31.4 Å². The molecule has 2 amide bonds. The van der Waals surface area contributed by atoms with Crippen molar-refractivity contribution in [2.75, 3.05) is 19.0 Å². The van der Waals surface area contributed by atoms with Crippen molar-refractivity contribution >= 4 is 27.7 Å². The standard InChI is InChI=1S/C26H29N3O6S/c1-3-15-27-26(32)28-21-6-4-5-20(17-21)19-9-7-18(8-10-19)16-24(25(30)31)29-36(33,34)23-13-11-22(35-2)12-14-23/h4-14,17,24,29H,3,15-16H2,1-2H3,(H,30,31)(H2,27,28,32)/t24-/m0/s1. The number of hydrogen-bond acceptors (Lipinski definition) is 5. The molecule has 3 rings (SSSR count). The van der Waals surface area contributed by atoms with Crippen LogP contribution in [0.2, 0.25) is 0 Å². The van der Waals surface area contributed by atoms with E-state index in [0.717, 1.165) is 17.5 Å². The Morgan fingerprint density at radius 1 is 0.972 bits per heavy atom. The van der Waals surface area contributed by atoms with Crippen LogP contribution in [-0.2, 0) is 21.2 Å². The van der Waals surface area contributed by atoms with E-state index in [9.17, 15) is 23.1 Å². The molecule has 1 atom stereocenters. The maximum absolute atomic E-state index is 12.7. The number of urea groups is 1. The van der Waals surface area contributed by atoms with Crippen LogP contribution in [0.3, 0.4) is 0 Å². The van der Waals surface area contributed by atoms with Gasteiger partial charge in [0.2, 0.25) is 10.0 Å². The summed E-state index contributed by atoms with van der Waals surface area (Å²) < 4.78 is 32.7. The first-order chi connectivity index (χ1) is 17.2. The summed E-state index contributed by atoms with van der Waals surface area (Å²) in [7, 11) is -2.58. The van der Waals surface area contributed by atoms with Crippen LogP contribution in [0.25, 0.3) is 11.1 Å². The Morgan fingerprint density at radius 2 is 1.67 bits per heavy atom.